The van der Waals surface area contributed by atoms with Crippen LogP contribution < -0.4 is 34.3 Å². The van der Waals surface area contributed by atoms with Crippen molar-refractivity contribution in [3.8, 4) is 5.88 Å². The number of aromatic nitrogens is 1. The molecule has 0 atom stereocenters. The summed E-state index contributed by atoms with van der Waals surface area (Å²) in [5, 5.41) is 10.6. The van der Waals surface area contributed by atoms with Gasteiger partial charge in [-0.3, -0.25) is 0 Å². The first kappa shape index (κ1) is 18.1. The fourth-order valence-corrected chi connectivity index (χ4v) is 0.571. The molecular weight excluding hydrogens is 390 g/mol. The first-order chi connectivity index (χ1) is 4.34. The fraction of sp³-hybridized carbons (Fsp3) is 0.167. The van der Waals surface area contributed by atoms with E-state index in [1.807, 2.05) is 0 Å². The topological polar surface area (TPSA) is 36.2 Å². The molecule has 0 saturated heterocycles. The number of hydrogen-bond acceptors (Lipinski definition) is 2. The van der Waals surface area contributed by atoms with Crippen LogP contribution in [0.2, 0.25) is 0 Å². The predicted molar refractivity (Wildman–Crippen MR) is 32.0 cm³/mol. The Balaban J connectivity index is -0.000000270. The number of hydrogen-bond donors (Lipinski definition) is 0. The summed E-state index contributed by atoms with van der Waals surface area (Å²) in [4.78, 5) is 0. The van der Waals surface area contributed by atoms with Gasteiger partial charge in [0.05, 0.1) is 13.2 Å². The van der Waals surface area contributed by atoms with Crippen LogP contribution in [0.3, 0.4) is 0 Å². The van der Waals surface area contributed by atoms with Crippen LogP contribution in [0.1, 0.15) is 0 Å². The molecule has 0 aliphatic heterocycles. The Hall–Kier alpha value is 0.265. The first-order valence-corrected chi connectivity index (χ1v) is 2.57. The summed E-state index contributed by atoms with van der Waals surface area (Å²) in [5.74, 6) is 0.317. The number of pyridine rings is 1. The van der Waals surface area contributed by atoms with Gasteiger partial charge in [-0.25, -0.2) is 0 Å². The molecule has 3 nitrogen and oxygen atoms in total. The zero-order valence-corrected chi connectivity index (χ0v) is 13.5. The van der Waals surface area contributed by atoms with Crippen molar-refractivity contribution in [1.29, 1.82) is 0 Å². The average Bonchev–Trinajstić information content (AvgIpc) is 1.89. The summed E-state index contributed by atoms with van der Waals surface area (Å²) < 4.78 is 5.36. The molecule has 0 radical (unpaired) electrons. The quantitative estimate of drug-likeness (QED) is 0.270. The van der Waals surface area contributed by atoms with Crippen LogP contribution >= 0.6 is 0 Å². The molecule has 1 aromatic rings. The van der Waals surface area contributed by atoms with Crippen LogP contribution in [-0.2, 0) is 27.7 Å². The van der Waals surface area contributed by atoms with Gasteiger partial charge in [0.15, 0.2) is 6.20 Å². The molecule has 6 heteroatoms. The van der Waals surface area contributed by atoms with Gasteiger partial charge >= 0.3 is 33.5 Å². The van der Waals surface area contributed by atoms with Crippen molar-refractivity contribution in [1.82, 2.24) is 0 Å². The maximum atomic E-state index is 10.6. The van der Waals surface area contributed by atoms with Gasteiger partial charge in [-0.1, -0.05) is 0 Å². The van der Waals surface area contributed by atoms with E-state index in [9.17, 15) is 5.21 Å². The second-order valence-corrected chi connectivity index (χ2v) is 1.57. The first-order valence-electron chi connectivity index (χ1n) is 2.57. The van der Waals surface area contributed by atoms with E-state index in [2.05, 4.69) is 0 Å². The van der Waals surface area contributed by atoms with E-state index in [0.29, 0.717) is 10.6 Å². The SMILES string of the molecule is COc1cccc[n+]1[O-].[Cl-].[Cl-].[Hg+2]. The third-order valence-electron chi connectivity index (χ3n) is 0.998. The molecule has 0 bridgehead atoms. The smallest absolute Gasteiger partial charge is 1.00 e. The van der Waals surface area contributed by atoms with E-state index in [0.717, 1.165) is 0 Å². The summed E-state index contributed by atoms with van der Waals surface area (Å²) in [5.41, 5.74) is 0. The molecular formula is C6H7Cl2HgNO2. The molecule has 0 unspecified atom stereocenters. The van der Waals surface area contributed by atoms with Crippen molar-refractivity contribution in [3.63, 3.8) is 0 Å². The van der Waals surface area contributed by atoms with Crippen molar-refractivity contribution < 1.29 is 62.0 Å². The van der Waals surface area contributed by atoms with Gasteiger partial charge < -0.3 is 34.8 Å². The molecule has 64 valence electrons. The standard InChI is InChI=1S/C6H7NO2.2ClH.Hg/c1-9-6-4-2-3-5-7(6)8;;;/h2-5H,1H3;2*1H;/q;;;+2/p-2. The monoisotopic (exact) mass is 397 g/mol. The van der Waals surface area contributed by atoms with Crippen molar-refractivity contribution in [2.45, 2.75) is 0 Å². The Morgan fingerprint density at radius 1 is 1.33 bits per heavy atom. The molecule has 0 saturated carbocycles. The number of nitrogens with zero attached hydrogens (tertiary/aromatic N) is 1. The van der Waals surface area contributed by atoms with E-state index in [-0.39, 0.29) is 52.5 Å². The van der Waals surface area contributed by atoms with E-state index in [1.54, 1.807) is 18.2 Å². The third kappa shape index (κ3) is 5.01. The van der Waals surface area contributed by atoms with Crippen LogP contribution in [-0.4, -0.2) is 7.11 Å². The van der Waals surface area contributed by atoms with Crippen molar-refractivity contribution in [2.75, 3.05) is 7.11 Å². The normalized spacial score (nSPS) is 6.75. The fourth-order valence-electron chi connectivity index (χ4n) is 0.571. The zero-order valence-electron chi connectivity index (χ0n) is 6.54. The van der Waals surface area contributed by atoms with Crippen molar-refractivity contribution in [3.05, 3.63) is 29.6 Å². The molecule has 0 aromatic carbocycles. The van der Waals surface area contributed by atoms with Gasteiger partial charge in [0.25, 0.3) is 0 Å². The number of rotatable bonds is 1. The second-order valence-electron chi connectivity index (χ2n) is 1.57. The molecule has 0 fully saturated rings. The molecule has 1 heterocycles. The summed E-state index contributed by atoms with van der Waals surface area (Å²) in [6.07, 6.45) is 1.39. The molecule has 0 N–H and O–H groups in total. The Bertz CT molecular complexity index is 212. The van der Waals surface area contributed by atoms with E-state index >= 15 is 0 Å². The van der Waals surface area contributed by atoms with Gasteiger partial charge in [-0.15, -0.1) is 4.73 Å². The van der Waals surface area contributed by atoms with Gasteiger partial charge in [0.1, 0.15) is 0 Å². The number of halogens is 2. The Kier molecular flexibility index (Phi) is 14.1. The van der Waals surface area contributed by atoms with Crippen LogP contribution in [0, 0.1) is 5.21 Å². The largest absolute Gasteiger partial charge is 2.00 e. The van der Waals surface area contributed by atoms with Crippen LogP contribution in [0.15, 0.2) is 24.4 Å². The van der Waals surface area contributed by atoms with Crippen LogP contribution in [0.5, 0.6) is 5.88 Å². The Labute approximate surface area is 104 Å². The number of methoxy groups -OCH3 is 1. The molecule has 0 amide bonds. The zero-order chi connectivity index (χ0) is 6.69. The van der Waals surface area contributed by atoms with E-state index < -0.39 is 0 Å². The summed E-state index contributed by atoms with van der Waals surface area (Å²) >= 11 is 0. The van der Waals surface area contributed by atoms with Crippen LogP contribution in [0.4, 0.5) is 0 Å². The van der Waals surface area contributed by atoms with Gasteiger partial charge in [0.2, 0.25) is 0 Å². The average molecular weight is 397 g/mol. The molecule has 0 spiro atoms. The maximum Gasteiger partial charge on any atom is 2.00 e. The summed E-state index contributed by atoms with van der Waals surface area (Å²) in [6, 6.07) is 5.00. The number of ether oxygens (including phenoxy) is 1. The van der Waals surface area contributed by atoms with E-state index in [1.165, 1.54) is 13.3 Å². The molecule has 12 heavy (non-hydrogen) atoms. The second kappa shape index (κ2) is 9.35. The summed E-state index contributed by atoms with van der Waals surface area (Å²) in [7, 11) is 1.46. The van der Waals surface area contributed by atoms with Crippen LogP contribution in [0.25, 0.3) is 0 Å². The molecule has 1 aromatic heterocycles. The third-order valence-corrected chi connectivity index (χ3v) is 0.998. The predicted octanol–water partition coefficient (Wildman–Crippen LogP) is -5.67. The van der Waals surface area contributed by atoms with Gasteiger partial charge in [-0.2, -0.15) is 0 Å². The molecule has 0 aliphatic carbocycles. The van der Waals surface area contributed by atoms with E-state index in [4.69, 9.17) is 4.74 Å². The van der Waals surface area contributed by atoms with Gasteiger partial charge in [-0.05, 0) is 6.07 Å². The van der Waals surface area contributed by atoms with Gasteiger partial charge in [0, 0.05) is 6.07 Å². The maximum absolute atomic E-state index is 10.6. The molecule has 0 aliphatic rings. The Morgan fingerprint density at radius 2 is 1.92 bits per heavy atom. The minimum atomic E-state index is 0. The molecule has 1 rings (SSSR count). The van der Waals surface area contributed by atoms with Crippen molar-refractivity contribution >= 4 is 0 Å². The minimum absolute atomic E-state index is 0. The van der Waals surface area contributed by atoms with Crippen molar-refractivity contribution in [2.24, 2.45) is 0 Å². The summed E-state index contributed by atoms with van der Waals surface area (Å²) in [6.45, 7) is 0. The Morgan fingerprint density at radius 3 is 2.25 bits per heavy atom. The minimum Gasteiger partial charge on any atom is -1.00 e.